The fourth-order valence-electron chi connectivity index (χ4n) is 3.73. The van der Waals surface area contributed by atoms with Crippen LogP contribution in [-0.2, 0) is 4.74 Å². The van der Waals surface area contributed by atoms with Gasteiger partial charge in [0.05, 0.1) is 18.0 Å². The number of nitrogens with one attached hydrogen (secondary N) is 1. The summed E-state index contributed by atoms with van der Waals surface area (Å²) in [4.78, 5) is 20.8. The monoisotopic (exact) mass is 441 g/mol. The zero-order chi connectivity index (χ0) is 21.9. The molecule has 0 saturated carbocycles. The number of hydrogen-bond acceptors (Lipinski definition) is 7. The first kappa shape index (κ1) is 20.5. The number of hydrogen-bond donors (Lipinski definition) is 1. The molecule has 1 aliphatic heterocycles. The predicted octanol–water partition coefficient (Wildman–Crippen LogP) is 5.30. The molecule has 160 valence electrons. The van der Waals surface area contributed by atoms with Crippen LogP contribution in [0.3, 0.4) is 0 Å². The van der Waals surface area contributed by atoms with Crippen molar-refractivity contribution in [2.75, 3.05) is 25.6 Å². The van der Waals surface area contributed by atoms with E-state index in [0.717, 1.165) is 32.7 Å². The SMILES string of the molecule is COCCNc1nc(C2=NC(C)C=N2)nc2sc(-c3ccccc3)c(-c3ccccc3)c12. The van der Waals surface area contributed by atoms with Crippen molar-refractivity contribution in [3.05, 3.63) is 66.5 Å². The van der Waals surface area contributed by atoms with E-state index in [1.165, 1.54) is 4.88 Å². The van der Waals surface area contributed by atoms with Gasteiger partial charge in [0, 0.05) is 30.3 Å². The van der Waals surface area contributed by atoms with Crippen LogP contribution >= 0.6 is 11.3 Å². The van der Waals surface area contributed by atoms with Crippen molar-refractivity contribution >= 4 is 39.4 Å². The van der Waals surface area contributed by atoms with Crippen LogP contribution < -0.4 is 5.32 Å². The zero-order valence-electron chi connectivity index (χ0n) is 17.9. The van der Waals surface area contributed by atoms with E-state index in [-0.39, 0.29) is 6.04 Å². The molecule has 2 aromatic heterocycles. The van der Waals surface area contributed by atoms with Gasteiger partial charge in [0.25, 0.3) is 0 Å². The van der Waals surface area contributed by atoms with Gasteiger partial charge in [0.2, 0.25) is 5.82 Å². The number of rotatable bonds is 7. The average molecular weight is 442 g/mol. The van der Waals surface area contributed by atoms with Gasteiger partial charge in [-0.3, -0.25) is 4.99 Å². The van der Waals surface area contributed by atoms with Crippen LogP contribution in [0.1, 0.15) is 12.7 Å². The molecule has 0 aliphatic carbocycles. The van der Waals surface area contributed by atoms with Gasteiger partial charge >= 0.3 is 0 Å². The van der Waals surface area contributed by atoms with Crippen LogP contribution in [0.2, 0.25) is 0 Å². The molecule has 0 radical (unpaired) electrons. The van der Waals surface area contributed by atoms with E-state index in [4.69, 9.17) is 14.7 Å². The number of methoxy groups -OCH3 is 1. The van der Waals surface area contributed by atoms with Crippen molar-refractivity contribution in [2.24, 2.45) is 9.98 Å². The third-order valence-electron chi connectivity index (χ3n) is 5.19. The first-order valence-electron chi connectivity index (χ1n) is 10.5. The first-order chi connectivity index (χ1) is 15.7. The summed E-state index contributed by atoms with van der Waals surface area (Å²) in [6, 6.07) is 20.9. The summed E-state index contributed by atoms with van der Waals surface area (Å²) in [5, 5.41) is 4.47. The normalized spacial score (nSPS) is 15.3. The molecule has 4 aromatic rings. The van der Waals surface area contributed by atoms with Crippen LogP contribution in [0, 0.1) is 0 Å². The van der Waals surface area contributed by atoms with E-state index in [9.17, 15) is 0 Å². The number of benzene rings is 2. The minimum absolute atomic E-state index is 0.0392. The Morgan fingerprint density at radius 1 is 0.969 bits per heavy atom. The van der Waals surface area contributed by atoms with Crippen molar-refractivity contribution in [3.63, 3.8) is 0 Å². The van der Waals surface area contributed by atoms with Crippen molar-refractivity contribution < 1.29 is 4.74 Å². The number of fused-ring (bicyclic) bond motifs is 1. The quantitative estimate of drug-likeness (QED) is 0.395. The fourth-order valence-corrected chi connectivity index (χ4v) is 4.93. The molecule has 5 rings (SSSR count). The number of aliphatic imine (C=N–C) groups is 2. The minimum Gasteiger partial charge on any atom is -0.383 e. The van der Waals surface area contributed by atoms with E-state index >= 15 is 0 Å². The lowest BCUT2D eigenvalue weighted by Gasteiger charge is -2.11. The number of nitrogens with zero attached hydrogens (tertiary/aromatic N) is 4. The topological polar surface area (TPSA) is 71.8 Å². The number of thiophene rings is 1. The van der Waals surface area contributed by atoms with Gasteiger partial charge in [0.1, 0.15) is 10.6 Å². The predicted molar refractivity (Wildman–Crippen MR) is 133 cm³/mol. The highest BCUT2D eigenvalue weighted by Crippen LogP contribution is 2.46. The molecule has 2 aromatic carbocycles. The third-order valence-corrected chi connectivity index (χ3v) is 6.32. The Hall–Kier alpha value is -3.42. The third kappa shape index (κ3) is 3.92. The molecule has 32 heavy (non-hydrogen) atoms. The van der Waals surface area contributed by atoms with Crippen LogP contribution in [0.25, 0.3) is 31.8 Å². The van der Waals surface area contributed by atoms with Gasteiger partial charge in [-0.1, -0.05) is 60.7 Å². The van der Waals surface area contributed by atoms with Crippen LogP contribution in [-0.4, -0.2) is 48.3 Å². The molecule has 1 unspecified atom stereocenters. The lowest BCUT2D eigenvalue weighted by atomic mass is 9.99. The molecule has 1 aliphatic rings. The van der Waals surface area contributed by atoms with Gasteiger partial charge in [-0.15, -0.1) is 11.3 Å². The summed E-state index contributed by atoms with van der Waals surface area (Å²) in [7, 11) is 1.69. The molecule has 0 amide bonds. The number of amidine groups is 1. The maximum atomic E-state index is 5.26. The van der Waals surface area contributed by atoms with E-state index in [1.807, 2.05) is 25.3 Å². The summed E-state index contributed by atoms with van der Waals surface area (Å²) in [5.41, 5.74) is 3.42. The van der Waals surface area contributed by atoms with E-state index in [0.29, 0.717) is 24.8 Å². The van der Waals surface area contributed by atoms with Gasteiger partial charge in [-0.25, -0.2) is 15.0 Å². The second kappa shape index (κ2) is 8.98. The number of aromatic nitrogens is 2. The number of ether oxygens (including phenoxy) is 1. The standard InChI is InChI=1S/C25H23N5OS/c1-16-15-27-23(28-16)24-29-22(26-13-14-31-2)20-19(17-9-5-3-6-10-17)21(32-25(20)30-24)18-11-7-4-8-12-18/h3-12,15-16H,13-14H2,1-2H3,(H,26,29,30). The highest BCUT2D eigenvalue weighted by molar-refractivity contribution is 7.22. The van der Waals surface area contributed by atoms with Crippen LogP contribution in [0.4, 0.5) is 5.82 Å². The smallest absolute Gasteiger partial charge is 0.200 e. The summed E-state index contributed by atoms with van der Waals surface area (Å²) in [6.45, 7) is 3.21. The van der Waals surface area contributed by atoms with Gasteiger partial charge in [-0.05, 0) is 18.1 Å². The minimum atomic E-state index is 0.0392. The summed E-state index contributed by atoms with van der Waals surface area (Å²) < 4.78 is 5.26. The highest BCUT2D eigenvalue weighted by atomic mass is 32.1. The van der Waals surface area contributed by atoms with Crippen molar-refractivity contribution in [2.45, 2.75) is 13.0 Å². The number of anilines is 1. The molecule has 0 fully saturated rings. The second-order valence-corrected chi connectivity index (χ2v) is 8.50. The highest BCUT2D eigenvalue weighted by Gasteiger charge is 2.23. The summed E-state index contributed by atoms with van der Waals surface area (Å²) >= 11 is 1.67. The van der Waals surface area contributed by atoms with Crippen LogP contribution in [0.15, 0.2) is 70.6 Å². The van der Waals surface area contributed by atoms with Gasteiger partial charge < -0.3 is 10.1 Å². The van der Waals surface area contributed by atoms with E-state index in [2.05, 4.69) is 63.8 Å². The molecular formula is C25H23N5OS. The van der Waals surface area contributed by atoms with E-state index in [1.54, 1.807) is 18.4 Å². The van der Waals surface area contributed by atoms with Gasteiger partial charge in [-0.2, -0.15) is 0 Å². The van der Waals surface area contributed by atoms with Crippen LogP contribution in [0.5, 0.6) is 0 Å². The molecule has 0 saturated heterocycles. The molecule has 3 heterocycles. The van der Waals surface area contributed by atoms with Crippen molar-refractivity contribution in [3.8, 4) is 21.6 Å². The molecule has 0 spiro atoms. The summed E-state index contributed by atoms with van der Waals surface area (Å²) in [6.07, 6.45) is 1.82. The molecule has 1 N–H and O–H groups in total. The molecule has 7 heteroatoms. The Labute approximate surface area is 190 Å². The molecule has 1 atom stereocenters. The van der Waals surface area contributed by atoms with E-state index < -0.39 is 0 Å². The Morgan fingerprint density at radius 3 is 2.34 bits per heavy atom. The Bertz CT molecular complexity index is 1300. The molecule has 6 nitrogen and oxygen atoms in total. The van der Waals surface area contributed by atoms with Gasteiger partial charge in [0.15, 0.2) is 5.84 Å². The maximum Gasteiger partial charge on any atom is 0.200 e. The second-order valence-electron chi connectivity index (χ2n) is 7.51. The van der Waals surface area contributed by atoms with Crippen molar-refractivity contribution in [1.29, 1.82) is 0 Å². The Balaban J connectivity index is 1.78. The molecular weight excluding hydrogens is 418 g/mol. The first-order valence-corrected chi connectivity index (χ1v) is 11.4. The summed E-state index contributed by atoms with van der Waals surface area (Å²) in [5.74, 6) is 1.89. The lowest BCUT2D eigenvalue weighted by molar-refractivity contribution is 0.210. The molecule has 0 bridgehead atoms. The van der Waals surface area contributed by atoms with Crippen molar-refractivity contribution in [1.82, 2.24) is 9.97 Å². The fraction of sp³-hybridized carbons (Fsp3) is 0.200. The average Bonchev–Trinajstić information content (AvgIpc) is 3.44. The zero-order valence-corrected chi connectivity index (χ0v) is 18.8. The maximum absolute atomic E-state index is 5.26. The largest absolute Gasteiger partial charge is 0.383 e. The Kier molecular flexibility index (Phi) is 5.75. The lowest BCUT2D eigenvalue weighted by Crippen LogP contribution is -2.12. The Morgan fingerprint density at radius 2 is 1.69 bits per heavy atom.